The Bertz CT molecular complexity index is 963. The van der Waals surface area contributed by atoms with Gasteiger partial charge in [0.05, 0.1) is 14.2 Å². The van der Waals surface area contributed by atoms with Crippen LogP contribution in [-0.2, 0) is 5.41 Å². The van der Waals surface area contributed by atoms with Gasteiger partial charge >= 0.3 is 0 Å². The number of hydrogen-bond acceptors (Lipinski definition) is 2. The highest BCUT2D eigenvalue weighted by Crippen LogP contribution is 2.51. The largest absolute Gasteiger partial charge is 0.496 e. The van der Waals surface area contributed by atoms with Crippen LogP contribution in [0.2, 0.25) is 0 Å². The molecule has 1 aliphatic carbocycles. The van der Waals surface area contributed by atoms with Crippen LogP contribution in [0.5, 0.6) is 11.5 Å². The number of rotatable bonds is 6. The van der Waals surface area contributed by atoms with Crippen LogP contribution in [0.4, 0.5) is 0 Å². The molecule has 0 radical (unpaired) electrons. The minimum atomic E-state index is -0.246. The van der Waals surface area contributed by atoms with E-state index >= 15 is 0 Å². The maximum Gasteiger partial charge on any atom is 0.122 e. The number of aryl methyl sites for hydroxylation is 2. The van der Waals surface area contributed by atoms with Crippen molar-refractivity contribution in [3.8, 4) is 11.5 Å². The van der Waals surface area contributed by atoms with Gasteiger partial charge in [-0.2, -0.15) is 0 Å². The van der Waals surface area contributed by atoms with Gasteiger partial charge in [0.25, 0.3) is 0 Å². The summed E-state index contributed by atoms with van der Waals surface area (Å²) in [5.74, 6) is 2.42. The van der Waals surface area contributed by atoms with E-state index in [-0.39, 0.29) is 5.41 Å². The lowest BCUT2D eigenvalue weighted by Gasteiger charge is -2.45. The van der Waals surface area contributed by atoms with Gasteiger partial charge in [0.1, 0.15) is 11.5 Å². The van der Waals surface area contributed by atoms with Gasteiger partial charge in [-0.3, -0.25) is 0 Å². The lowest BCUT2D eigenvalue weighted by molar-refractivity contribution is 0.269. The molecule has 2 heteroatoms. The first kappa shape index (κ1) is 21.5. The number of hydrogen-bond donors (Lipinski definition) is 0. The number of ether oxygens (including phenoxy) is 2. The van der Waals surface area contributed by atoms with Crippen LogP contribution in [0.3, 0.4) is 0 Å². The Labute approximate surface area is 187 Å². The molecule has 0 unspecified atom stereocenters. The van der Waals surface area contributed by atoms with Gasteiger partial charge in [0, 0.05) is 5.41 Å². The van der Waals surface area contributed by atoms with Crippen molar-refractivity contribution in [2.75, 3.05) is 14.2 Å². The maximum atomic E-state index is 5.78. The second kappa shape index (κ2) is 9.18. The molecule has 0 atom stereocenters. The summed E-state index contributed by atoms with van der Waals surface area (Å²) in [5, 5.41) is 0. The van der Waals surface area contributed by atoms with Crippen LogP contribution in [0.15, 0.2) is 66.7 Å². The Kier molecular flexibility index (Phi) is 6.36. The third-order valence-corrected chi connectivity index (χ3v) is 7.17. The predicted molar refractivity (Wildman–Crippen MR) is 128 cm³/mol. The second-order valence-corrected chi connectivity index (χ2v) is 8.88. The minimum Gasteiger partial charge on any atom is -0.496 e. The third-order valence-electron chi connectivity index (χ3n) is 7.17. The Morgan fingerprint density at radius 2 is 1.16 bits per heavy atom. The molecule has 1 aliphatic rings. The van der Waals surface area contributed by atoms with Crippen LogP contribution in [0.25, 0.3) is 0 Å². The molecule has 1 saturated carbocycles. The van der Waals surface area contributed by atoms with E-state index in [1.54, 1.807) is 14.2 Å². The summed E-state index contributed by atoms with van der Waals surface area (Å²) < 4.78 is 11.6. The van der Waals surface area contributed by atoms with Crippen molar-refractivity contribution in [1.82, 2.24) is 0 Å². The highest BCUT2D eigenvalue weighted by Gasteiger charge is 2.44. The van der Waals surface area contributed by atoms with E-state index < -0.39 is 0 Å². The van der Waals surface area contributed by atoms with Gasteiger partial charge in [-0.05, 0) is 72.6 Å². The average Bonchev–Trinajstić information content (AvgIpc) is 2.82. The average molecular weight is 415 g/mol. The molecule has 0 aliphatic heterocycles. The van der Waals surface area contributed by atoms with E-state index in [1.807, 2.05) is 0 Å². The lowest BCUT2D eigenvalue weighted by atomic mass is 9.58. The van der Waals surface area contributed by atoms with E-state index in [0.717, 1.165) is 11.5 Å². The van der Waals surface area contributed by atoms with E-state index in [2.05, 4.69) is 80.6 Å². The first-order valence-corrected chi connectivity index (χ1v) is 11.5. The van der Waals surface area contributed by atoms with Crippen molar-refractivity contribution in [2.24, 2.45) is 5.92 Å². The first-order valence-electron chi connectivity index (χ1n) is 11.5. The Morgan fingerprint density at radius 3 is 1.65 bits per heavy atom. The Morgan fingerprint density at radius 1 is 0.645 bits per heavy atom. The molecule has 2 nitrogen and oxygen atoms in total. The van der Waals surface area contributed by atoms with E-state index in [4.69, 9.17) is 9.47 Å². The summed E-state index contributed by atoms with van der Waals surface area (Å²) in [7, 11) is 3.54. The zero-order valence-corrected chi connectivity index (χ0v) is 19.3. The van der Waals surface area contributed by atoms with Crippen LogP contribution >= 0.6 is 0 Å². The third kappa shape index (κ3) is 3.84. The highest BCUT2D eigenvalue weighted by molar-refractivity contribution is 5.56. The molecule has 0 amide bonds. The van der Waals surface area contributed by atoms with Crippen molar-refractivity contribution in [2.45, 2.75) is 51.4 Å². The van der Waals surface area contributed by atoms with Crippen LogP contribution in [-0.4, -0.2) is 14.2 Å². The molecule has 3 aromatic carbocycles. The molecule has 162 valence electrons. The fraction of sp³-hybridized carbons (Fsp3) is 0.379. The van der Waals surface area contributed by atoms with Crippen molar-refractivity contribution < 1.29 is 9.47 Å². The Balaban J connectivity index is 2.06. The fourth-order valence-corrected chi connectivity index (χ4v) is 5.57. The van der Waals surface area contributed by atoms with Crippen molar-refractivity contribution >= 4 is 0 Å². The molecular weight excluding hydrogens is 380 g/mol. The van der Waals surface area contributed by atoms with E-state index in [0.29, 0.717) is 5.92 Å². The molecule has 0 spiro atoms. The smallest absolute Gasteiger partial charge is 0.122 e. The monoisotopic (exact) mass is 414 g/mol. The molecule has 1 fully saturated rings. The van der Waals surface area contributed by atoms with Crippen LogP contribution in [0, 0.1) is 19.8 Å². The van der Waals surface area contributed by atoms with Crippen molar-refractivity contribution in [3.05, 3.63) is 94.5 Å². The lowest BCUT2D eigenvalue weighted by Crippen LogP contribution is -2.39. The predicted octanol–water partition coefficient (Wildman–Crippen LogP) is 7.24. The number of methoxy groups -OCH3 is 2. The molecule has 4 rings (SSSR count). The van der Waals surface area contributed by atoms with Gasteiger partial charge in [0.2, 0.25) is 0 Å². The van der Waals surface area contributed by atoms with E-state index in [1.165, 1.54) is 59.9 Å². The van der Waals surface area contributed by atoms with Gasteiger partial charge in [-0.25, -0.2) is 0 Å². The summed E-state index contributed by atoms with van der Waals surface area (Å²) in [4.78, 5) is 0. The molecule has 3 aromatic rings. The van der Waals surface area contributed by atoms with Gasteiger partial charge in [0.15, 0.2) is 0 Å². The first-order chi connectivity index (χ1) is 15.1. The molecule has 0 N–H and O–H groups in total. The normalized spacial score (nSPS) is 15.0. The quantitative estimate of drug-likeness (QED) is 0.396. The molecule has 0 heterocycles. The summed E-state index contributed by atoms with van der Waals surface area (Å²) in [6, 6.07) is 24.6. The van der Waals surface area contributed by atoms with E-state index in [9.17, 15) is 0 Å². The standard InChI is InChI=1S/C29H34O2/c1-21-15-17-25(19-27(21)30-3)29(23-11-7-5-8-12-23,24-13-9-6-10-14-24)26-18-16-22(2)28(20-26)31-4/h5,7-8,11-12,15-20,24H,6,9-10,13-14H2,1-4H3. The van der Waals surface area contributed by atoms with Gasteiger partial charge in [-0.15, -0.1) is 0 Å². The molecule has 0 bridgehead atoms. The molecular formula is C29H34O2. The van der Waals surface area contributed by atoms with Gasteiger partial charge < -0.3 is 9.47 Å². The summed E-state index contributed by atoms with van der Waals surface area (Å²) in [6.45, 7) is 4.23. The SMILES string of the molecule is COc1cc(C(c2ccccc2)(c2ccc(C)c(OC)c2)C2CCCCC2)ccc1C. The minimum absolute atomic E-state index is 0.246. The van der Waals surface area contributed by atoms with Crippen molar-refractivity contribution in [3.63, 3.8) is 0 Å². The molecule has 0 saturated heterocycles. The second-order valence-electron chi connectivity index (χ2n) is 8.88. The zero-order chi connectivity index (χ0) is 21.8. The van der Waals surface area contributed by atoms with Crippen molar-refractivity contribution in [1.29, 1.82) is 0 Å². The van der Waals surface area contributed by atoms with Crippen LogP contribution < -0.4 is 9.47 Å². The maximum absolute atomic E-state index is 5.78. The summed E-state index contributed by atoms with van der Waals surface area (Å²) >= 11 is 0. The summed E-state index contributed by atoms with van der Waals surface area (Å²) in [5.41, 5.74) is 6.04. The highest BCUT2D eigenvalue weighted by atomic mass is 16.5. The van der Waals surface area contributed by atoms with Gasteiger partial charge in [-0.1, -0.05) is 73.9 Å². The molecule has 31 heavy (non-hydrogen) atoms. The molecule has 0 aromatic heterocycles. The number of benzene rings is 3. The summed E-state index contributed by atoms with van der Waals surface area (Å²) in [6.07, 6.45) is 6.34. The topological polar surface area (TPSA) is 18.5 Å². The van der Waals surface area contributed by atoms with Crippen LogP contribution in [0.1, 0.15) is 59.9 Å². The Hall–Kier alpha value is -2.74. The zero-order valence-electron chi connectivity index (χ0n) is 19.3. The fourth-order valence-electron chi connectivity index (χ4n) is 5.57.